The van der Waals surface area contributed by atoms with Crippen LogP contribution in [0.4, 0.5) is 0 Å². The lowest BCUT2D eigenvalue weighted by Gasteiger charge is -2.14. The number of rotatable bonds is 4. The summed E-state index contributed by atoms with van der Waals surface area (Å²) in [6.45, 7) is 2.01. The zero-order chi connectivity index (χ0) is 13.7. The molecule has 0 fully saturated rings. The van der Waals surface area contributed by atoms with E-state index in [2.05, 4.69) is 5.32 Å². The molecule has 0 spiro atoms. The van der Waals surface area contributed by atoms with Crippen molar-refractivity contribution >= 4 is 17.3 Å². The molecule has 0 heterocycles. The molecule has 0 saturated heterocycles. The second-order valence-electron chi connectivity index (χ2n) is 4.21. The predicted molar refractivity (Wildman–Crippen MR) is 81.3 cm³/mol. The summed E-state index contributed by atoms with van der Waals surface area (Å²) in [6.07, 6.45) is 0. The highest BCUT2D eigenvalue weighted by atomic mass is 32.1. The molecule has 0 saturated carbocycles. The molecule has 3 nitrogen and oxygen atoms in total. The van der Waals surface area contributed by atoms with E-state index in [1.165, 1.54) is 0 Å². The van der Waals surface area contributed by atoms with Crippen LogP contribution >= 0.6 is 12.2 Å². The van der Waals surface area contributed by atoms with Gasteiger partial charge < -0.3 is 15.8 Å². The van der Waals surface area contributed by atoms with Crippen LogP contribution in [-0.2, 0) is 0 Å². The molecule has 0 amide bonds. The molecular weight excluding hydrogens is 256 g/mol. The van der Waals surface area contributed by atoms with Crippen LogP contribution in [0, 0.1) is 0 Å². The second kappa shape index (κ2) is 6.20. The molecule has 0 aliphatic heterocycles. The molecule has 1 atom stereocenters. The van der Waals surface area contributed by atoms with E-state index in [-0.39, 0.29) is 6.04 Å². The summed E-state index contributed by atoms with van der Waals surface area (Å²) < 4.78 is 5.72. The lowest BCUT2D eigenvalue weighted by atomic mass is 10.1. The van der Waals surface area contributed by atoms with Crippen molar-refractivity contribution in [2.24, 2.45) is 5.73 Å². The Morgan fingerprint density at radius 3 is 2.21 bits per heavy atom. The molecule has 0 aliphatic rings. The molecule has 2 rings (SSSR count). The summed E-state index contributed by atoms with van der Waals surface area (Å²) in [6, 6.07) is 17.6. The van der Waals surface area contributed by atoms with Gasteiger partial charge in [0.25, 0.3) is 0 Å². The van der Waals surface area contributed by atoms with E-state index in [1.807, 2.05) is 61.5 Å². The van der Waals surface area contributed by atoms with Crippen LogP contribution in [0.15, 0.2) is 54.6 Å². The Balaban J connectivity index is 2.04. The highest BCUT2D eigenvalue weighted by Crippen LogP contribution is 2.22. The lowest BCUT2D eigenvalue weighted by Crippen LogP contribution is -2.31. The first-order valence-electron chi connectivity index (χ1n) is 6.04. The van der Waals surface area contributed by atoms with Crippen molar-refractivity contribution in [2.45, 2.75) is 13.0 Å². The number of ether oxygens (including phenoxy) is 1. The maximum atomic E-state index is 5.72. The van der Waals surface area contributed by atoms with Gasteiger partial charge in [-0.25, -0.2) is 0 Å². The van der Waals surface area contributed by atoms with Gasteiger partial charge in [-0.15, -0.1) is 0 Å². The van der Waals surface area contributed by atoms with Crippen molar-refractivity contribution in [2.75, 3.05) is 0 Å². The van der Waals surface area contributed by atoms with Gasteiger partial charge in [-0.3, -0.25) is 0 Å². The maximum absolute atomic E-state index is 5.72. The van der Waals surface area contributed by atoms with Gasteiger partial charge in [0, 0.05) is 0 Å². The Bertz CT molecular complexity index is 540. The first kappa shape index (κ1) is 13.4. The zero-order valence-corrected chi connectivity index (χ0v) is 11.5. The molecule has 4 heteroatoms. The van der Waals surface area contributed by atoms with Crippen LogP contribution < -0.4 is 15.8 Å². The number of para-hydroxylation sites is 1. The van der Waals surface area contributed by atoms with E-state index >= 15 is 0 Å². The number of hydrogen-bond acceptors (Lipinski definition) is 2. The van der Waals surface area contributed by atoms with Crippen LogP contribution in [0.3, 0.4) is 0 Å². The fraction of sp³-hybridized carbons (Fsp3) is 0.133. The van der Waals surface area contributed by atoms with Crippen molar-refractivity contribution in [1.82, 2.24) is 5.32 Å². The van der Waals surface area contributed by atoms with Gasteiger partial charge in [0.05, 0.1) is 6.04 Å². The van der Waals surface area contributed by atoms with Gasteiger partial charge in [-0.2, -0.15) is 0 Å². The van der Waals surface area contributed by atoms with E-state index in [0.29, 0.717) is 5.11 Å². The van der Waals surface area contributed by atoms with E-state index in [9.17, 15) is 0 Å². The Labute approximate surface area is 118 Å². The monoisotopic (exact) mass is 272 g/mol. The molecule has 0 aromatic heterocycles. The molecule has 0 aliphatic carbocycles. The average Bonchev–Trinajstić information content (AvgIpc) is 2.40. The SMILES string of the molecule is CC(NC(N)=S)c1ccc(Oc2ccccc2)cc1. The number of thiocarbonyl (C=S) groups is 1. The van der Waals surface area contributed by atoms with Gasteiger partial charge in [0.2, 0.25) is 0 Å². The highest BCUT2D eigenvalue weighted by molar-refractivity contribution is 7.80. The Morgan fingerprint density at radius 2 is 1.63 bits per heavy atom. The maximum Gasteiger partial charge on any atom is 0.164 e. The third kappa shape index (κ3) is 3.96. The standard InChI is InChI=1S/C15H16N2OS/c1-11(17-15(16)19)12-7-9-14(10-8-12)18-13-5-3-2-4-6-13/h2-11H,1H3,(H3,16,17,19). The van der Waals surface area contributed by atoms with E-state index in [1.54, 1.807) is 0 Å². The fourth-order valence-corrected chi connectivity index (χ4v) is 1.92. The van der Waals surface area contributed by atoms with Crippen LogP contribution in [0.5, 0.6) is 11.5 Å². The van der Waals surface area contributed by atoms with Gasteiger partial charge in [-0.05, 0) is 49.0 Å². The normalized spacial score (nSPS) is 11.6. The Kier molecular flexibility index (Phi) is 4.36. The summed E-state index contributed by atoms with van der Waals surface area (Å²) in [5.41, 5.74) is 6.56. The summed E-state index contributed by atoms with van der Waals surface area (Å²) in [5.74, 6) is 1.63. The van der Waals surface area contributed by atoms with Crippen molar-refractivity contribution < 1.29 is 4.74 Å². The Hall–Kier alpha value is -2.07. The van der Waals surface area contributed by atoms with Crippen molar-refractivity contribution in [3.63, 3.8) is 0 Å². The summed E-state index contributed by atoms with van der Waals surface area (Å²) in [4.78, 5) is 0. The number of hydrogen-bond donors (Lipinski definition) is 2. The highest BCUT2D eigenvalue weighted by Gasteiger charge is 2.05. The molecule has 19 heavy (non-hydrogen) atoms. The zero-order valence-electron chi connectivity index (χ0n) is 10.7. The molecule has 2 aromatic carbocycles. The van der Waals surface area contributed by atoms with E-state index in [4.69, 9.17) is 22.7 Å². The smallest absolute Gasteiger partial charge is 0.164 e. The van der Waals surface area contributed by atoms with Gasteiger partial charge in [0.15, 0.2) is 5.11 Å². The molecule has 0 bridgehead atoms. The first-order chi connectivity index (χ1) is 9.15. The van der Waals surface area contributed by atoms with Crippen LogP contribution in [0.2, 0.25) is 0 Å². The summed E-state index contributed by atoms with van der Waals surface area (Å²) >= 11 is 4.83. The van der Waals surface area contributed by atoms with E-state index < -0.39 is 0 Å². The quantitative estimate of drug-likeness (QED) is 0.838. The number of nitrogens with two attached hydrogens (primary N) is 1. The third-order valence-corrected chi connectivity index (χ3v) is 2.84. The van der Waals surface area contributed by atoms with Gasteiger partial charge >= 0.3 is 0 Å². The molecule has 2 aromatic rings. The van der Waals surface area contributed by atoms with Crippen molar-refractivity contribution in [3.05, 3.63) is 60.2 Å². The second-order valence-corrected chi connectivity index (χ2v) is 4.65. The van der Waals surface area contributed by atoms with Gasteiger partial charge in [0.1, 0.15) is 11.5 Å². The third-order valence-electron chi connectivity index (χ3n) is 2.72. The average molecular weight is 272 g/mol. The van der Waals surface area contributed by atoms with Crippen LogP contribution in [-0.4, -0.2) is 5.11 Å². The molecule has 98 valence electrons. The minimum Gasteiger partial charge on any atom is -0.457 e. The number of nitrogens with one attached hydrogen (secondary N) is 1. The van der Waals surface area contributed by atoms with Crippen LogP contribution in [0.25, 0.3) is 0 Å². The minimum absolute atomic E-state index is 0.0864. The van der Waals surface area contributed by atoms with E-state index in [0.717, 1.165) is 17.1 Å². The minimum atomic E-state index is 0.0864. The van der Waals surface area contributed by atoms with Crippen molar-refractivity contribution in [3.8, 4) is 11.5 Å². The summed E-state index contributed by atoms with van der Waals surface area (Å²) in [5, 5.41) is 3.30. The topological polar surface area (TPSA) is 47.3 Å². The predicted octanol–water partition coefficient (Wildman–Crippen LogP) is 3.37. The fourth-order valence-electron chi connectivity index (χ4n) is 1.75. The summed E-state index contributed by atoms with van der Waals surface area (Å²) in [7, 11) is 0. The largest absolute Gasteiger partial charge is 0.457 e. The Morgan fingerprint density at radius 1 is 1.05 bits per heavy atom. The molecule has 0 radical (unpaired) electrons. The van der Waals surface area contributed by atoms with Crippen molar-refractivity contribution in [1.29, 1.82) is 0 Å². The lowest BCUT2D eigenvalue weighted by molar-refractivity contribution is 0.482. The molecule has 3 N–H and O–H groups in total. The number of benzene rings is 2. The molecular formula is C15H16N2OS. The molecule has 1 unspecified atom stereocenters. The van der Waals surface area contributed by atoms with Gasteiger partial charge in [-0.1, -0.05) is 30.3 Å². The van der Waals surface area contributed by atoms with Crippen LogP contribution in [0.1, 0.15) is 18.5 Å². The first-order valence-corrected chi connectivity index (χ1v) is 6.45.